The van der Waals surface area contributed by atoms with E-state index in [1.54, 1.807) is 0 Å². The maximum absolute atomic E-state index is 12.7. The maximum atomic E-state index is 12.7. The Morgan fingerprint density at radius 3 is 2.68 bits per heavy atom. The predicted octanol–water partition coefficient (Wildman–Crippen LogP) is 2.58. The molecule has 1 fully saturated rings. The number of aliphatic hydroxyl groups is 1. The Hall–Kier alpha value is -1.35. The Kier molecular flexibility index (Phi) is 3.95. The zero-order chi connectivity index (χ0) is 14.0. The highest BCUT2D eigenvalue weighted by Crippen LogP contribution is 2.28. The third-order valence-electron chi connectivity index (χ3n) is 3.81. The zero-order valence-electron chi connectivity index (χ0n) is 12.0. The molecule has 1 aromatic carbocycles. The summed E-state index contributed by atoms with van der Waals surface area (Å²) < 4.78 is 0. The van der Waals surface area contributed by atoms with Gasteiger partial charge in [0.1, 0.15) is 0 Å². The Bertz CT molecular complexity index is 462. The number of rotatable bonds is 2. The van der Waals surface area contributed by atoms with Crippen LogP contribution < -0.4 is 0 Å². The van der Waals surface area contributed by atoms with Gasteiger partial charge in [0.15, 0.2) is 0 Å². The summed E-state index contributed by atoms with van der Waals surface area (Å²) in [6.07, 6.45) is 1.88. The molecule has 0 unspecified atom stereocenters. The lowest BCUT2D eigenvalue weighted by Gasteiger charge is -2.27. The molecule has 0 spiro atoms. The van der Waals surface area contributed by atoms with Crippen LogP contribution >= 0.6 is 0 Å². The van der Waals surface area contributed by atoms with E-state index in [9.17, 15) is 9.90 Å². The number of benzene rings is 1. The molecule has 1 aliphatic rings. The maximum Gasteiger partial charge on any atom is 0.254 e. The quantitative estimate of drug-likeness (QED) is 0.889. The van der Waals surface area contributed by atoms with Gasteiger partial charge in [-0.15, -0.1) is 0 Å². The van der Waals surface area contributed by atoms with E-state index in [2.05, 4.69) is 20.8 Å². The molecule has 1 N–H and O–H groups in total. The van der Waals surface area contributed by atoms with Crippen molar-refractivity contribution in [1.29, 1.82) is 0 Å². The fraction of sp³-hybridized carbons (Fsp3) is 0.562. The molecule has 104 valence electrons. The molecular formula is C16H23NO2. The first-order valence-electron chi connectivity index (χ1n) is 6.96. The molecule has 0 aliphatic carbocycles. The fourth-order valence-electron chi connectivity index (χ4n) is 2.77. The van der Waals surface area contributed by atoms with Gasteiger partial charge in [0, 0.05) is 12.1 Å². The lowest BCUT2D eigenvalue weighted by molar-refractivity contribution is 0.0675. The summed E-state index contributed by atoms with van der Waals surface area (Å²) in [5, 5.41) is 9.37. The molecular weight excluding hydrogens is 238 g/mol. The lowest BCUT2D eigenvalue weighted by Crippen LogP contribution is -2.38. The van der Waals surface area contributed by atoms with E-state index in [0.29, 0.717) is 0 Å². The number of carbonyl (C=O) groups is 1. The zero-order valence-corrected chi connectivity index (χ0v) is 12.0. The minimum Gasteiger partial charge on any atom is -0.394 e. The van der Waals surface area contributed by atoms with Crippen molar-refractivity contribution in [2.75, 3.05) is 13.2 Å². The minimum absolute atomic E-state index is 0.0134. The second-order valence-electron chi connectivity index (χ2n) is 6.27. The Balaban J connectivity index is 2.34. The summed E-state index contributed by atoms with van der Waals surface area (Å²) >= 11 is 0. The topological polar surface area (TPSA) is 40.5 Å². The summed E-state index contributed by atoms with van der Waals surface area (Å²) in [6, 6.07) is 7.80. The molecule has 1 aliphatic heterocycles. The van der Waals surface area contributed by atoms with Crippen molar-refractivity contribution in [3.05, 3.63) is 35.4 Å². The molecule has 2 rings (SSSR count). The first-order chi connectivity index (χ1) is 8.95. The van der Waals surface area contributed by atoms with Crippen molar-refractivity contribution in [2.45, 2.75) is 45.1 Å². The molecule has 1 saturated heterocycles. The van der Waals surface area contributed by atoms with Crippen LogP contribution in [0, 0.1) is 0 Å². The van der Waals surface area contributed by atoms with Gasteiger partial charge < -0.3 is 10.0 Å². The molecule has 1 aromatic rings. The first kappa shape index (κ1) is 14.1. The van der Waals surface area contributed by atoms with Gasteiger partial charge in [-0.2, -0.15) is 0 Å². The predicted molar refractivity (Wildman–Crippen MR) is 76.3 cm³/mol. The number of amides is 1. The van der Waals surface area contributed by atoms with Gasteiger partial charge in [-0.3, -0.25) is 4.79 Å². The van der Waals surface area contributed by atoms with E-state index >= 15 is 0 Å². The van der Waals surface area contributed by atoms with Gasteiger partial charge in [-0.1, -0.05) is 39.0 Å². The van der Waals surface area contributed by atoms with E-state index in [-0.39, 0.29) is 24.0 Å². The Labute approximate surface area is 115 Å². The third kappa shape index (κ3) is 2.81. The van der Waals surface area contributed by atoms with Crippen LogP contribution in [0.25, 0.3) is 0 Å². The van der Waals surface area contributed by atoms with Gasteiger partial charge in [0.2, 0.25) is 0 Å². The fourth-order valence-corrected chi connectivity index (χ4v) is 2.77. The van der Waals surface area contributed by atoms with Crippen molar-refractivity contribution >= 4 is 5.91 Å². The summed E-state index contributed by atoms with van der Waals surface area (Å²) in [5.41, 5.74) is 1.79. The largest absolute Gasteiger partial charge is 0.394 e. The highest BCUT2D eigenvalue weighted by atomic mass is 16.3. The van der Waals surface area contributed by atoms with Crippen LogP contribution in [-0.4, -0.2) is 35.1 Å². The number of likely N-dealkylation sites (tertiary alicyclic amines) is 1. The van der Waals surface area contributed by atoms with Crippen LogP contribution in [0.15, 0.2) is 24.3 Å². The normalized spacial score (nSPS) is 19.8. The van der Waals surface area contributed by atoms with Crippen molar-refractivity contribution in [3.63, 3.8) is 0 Å². The number of hydrogen-bond donors (Lipinski definition) is 1. The van der Waals surface area contributed by atoms with Gasteiger partial charge in [-0.05, 0) is 29.9 Å². The minimum atomic E-state index is -0.0549. The number of nitrogens with zero attached hydrogens (tertiary/aromatic N) is 1. The van der Waals surface area contributed by atoms with Crippen LogP contribution in [0.3, 0.4) is 0 Å². The van der Waals surface area contributed by atoms with E-state index in [0.717, 1.165) is 30.5 Å². The summed E-state index contributed by atoms with van der Waals surface area (Å²) in [5.74, 6) is 0.0575. The highest BCUT2D eigenvalue weighted by molar-refractivity contribution is 5.96. The molecule has 0 radical (unpaired) electrons. The summed E-state index contributed by atoms with van der Waals surface area (Å²) in [7, 11) is 0. The summed E-state index contributed by atoms with van der Waals surface area (Å²) in [4.78, 5) is 14.5. The van der Waals surface area contributed by atoms with E-state index in [1.807, 2.05) is 29.2 Å². The molecule has 1 heterocycles. The lowest BCUT2D eigenvalue weighted by atomic mass is 9.83. The highest BCUT2D eigenvalue weighted by Gasteiger charge is 2.31. The van der Waals surface area contributed by atoms with E-state index < -0.39 is 0 Å². The number of carbonyl (C=O) groups excluding carboxylic acids is 1. The molecule has 0 bridgehead atoms. The average molecular weight is 261 g/mol. The molecule has 1 amide bonds. The average Bonchev–Trinajstić information content (AvgIpc) is 2.85. The molecule has 0 saturated carbocycles. The van der Waals surface area contributed by atoms with Crippen LogP contribution in [0.5, 0.6) is 0 Å². The molecule has 1 atom stereocenters. The monoisotopic (exact) mass is 261 g/mol. The number of hydrogen-bond acceptors (Lipinski definition) is 2. The second-order valence-corrected chi connectivity index (χ2v) is 6.27. The van der Waals surface area contributed by atoms with E-state index in [1.165, 1.54) is 0 Å². The van der Waals surface area contributed by atoms with E-state index in [4.69, 9.17) is 0 Å². The molecule has 3 nitrogen and oxygen atoms in total. The Morgan fingerprint density at radius 1 is 1.37 bits per heavy atom. The van der Waals surface area contributed by atoms with Crippen molar-refractivity contribution < 1.29 is 9.90 Å². The van der Waals surface area contributed by atoms with Crippen molar-refractivity contribution in [3.8, 4) is 0 Å². The SMILES string of the molecule is CC(C)(C)c1ccccc1C(=O)N1CCC[C@H]1CO. The van der Waals surface area contributed by atoms with Gasteiger partial charge in [0.25, 0.3) is 5.91 Å². The Morgan fingerprint density at radius 2 is 2.05 bits per heavy atom. The second kappa shape index (κ2) is 5.33. The van der Waals surface area contributed by atoms with Gasteiger partial charge in [-0.25, -0.2) is 0 Å². The third-order valence-corrected chi connectivity index (χ3v) is 3.81. The molecule has 19 heavy (non-hydrogen) atoms. The van der Waals surface area contributed by atoms with Gasteiger partial charge >= 0.3 is 0 Å². The van der Waals surface area contributed by atoms with Crippen LogP contribution in [0.1, 0.15) is 49.5 Å². The molecule has 0 aromatic heterocycles. The smallest absolute Gasteiger partial charge is 0.254 e. The van der Waals surface area contributed by atoms with Crippen LogP contribution in [-0.2, 0) is 5.41 Å². The van der Waals surface area contributed by atoms with Crippen molar-refractivity contribution in [2.24, 2.45) is 0 Å². The van der Waals surface area contributed by atoms with Crippen LogP contribution in [0.2, 0.25) is 0 Å². The van der Waals surface area contributed by atoms with Crippen LogP contribution in [0.4, 0.5) is 0 Å². The molecule has 3 heteroatoms. The summed E-state index contributed by atoms with van der Waals surface area (Å²) in [6.45, 7) is 7.16. The standard InChI is InChI=1S/C16H23NO2/c1-16(2,3)14-9-5-4-8-13(14)15(19)17-10-6-7-12(17)11-18/h4-5,8-9,12,18H,6-7,10-11H2,1-3H3/t12-/m0/s1. The van der Waals surface area contributed by atoms with Crippen molar-refractivity contribution in [1.82, 2.24) is 4.90 Å². The first-order valence-corrected chi connectivity index (χ1v) is 6.96. The number of aliphatic hydroxyl groups excluding tert-OH is 1. The van der Waals surface area contributed by atoms with Gasteiger partial charge in [0.05, 0.1) is 12.6 Å².